The molecule has 1 amide bonds. The molecule has 1 saturated heterocycles. The number of anilines is 1. The zero-order chi connectivity index (χ0) is 23.7. The van der Waals surface area contributed by atoms with Crippen LogP contribution in [0.25, 0.3) is 0 Å². The van der Waals surface area contributed by atoms with Crippen molar-refractivity contribution in [3.05, 3.63) is 58.9 Å². The number of halogens is 2. The molecule has 8 heteroatoms. The second-order valence-electron chi connectivity index (χ2n) is 9.03. The smallest absolute Gasteiger partial charge is 0.232 e. The highest BCUT2D eigenvalue weighted by Gasteiger charge is 2.48. The van der Waals surface area contributed by atoms with Gasteiger partial charge in [-0.25, -0.2) is 12.8 Å². The Morgan fingerprint density at radius 1 is 1.12 bits per heavy atom. The molecule has 0 aliphatic carbocycles. The van der Waals surface area contributed by atoms with Crippen molar-refractivity contribution in [1.29, 1.82) is 0 Å². The summed E-state index contributed by atoms with van der Waals surface area (Å²) in [4.78, 5) is 14.5. The van der Waals surface area contributed by atoms with Gasteiger partial charge in [0.2, 0.25) is 5.91 Å². The van der Waals surface area contributed by atoms with Crippen molar-refractivity contribution in [3.63, 3.8) is 0 Å². The maximum atomic E-state index is 14.9. The van der Waals surface area contributed by atoms with Crippen LogP contribution in [0.5, 0.6) is 0 Å². The summed E-state index contributed by atoms with van der Waals surface area (Å²) in [7, 11) is -3.87. The van der Waals surface area contributed by atoms with Crippen LogP contribution < -0.4 is 4.90 Å². The van der Waals surface area contributed by atoms with E-state index in [2.05, 4.69) is 0 Å². The van der Waals surface area contributed by atoms with Crippen LogP contribution in [0.1, 0.15) is 46.1 Å². The molecule has 3 rings (SSSR count). The van der Waals surface area contributed by atoms with Crippen LogP contribution in [0.3, 0.4) is 0 Å². The van der Waals surface area contributed by atoms with Crippen molar-refractivity contribution in [2.45, 2.75) is 50.2 Å². The number of rotatable bonds is 5. The van der Waals surface area contributed by atoms with Gasteiger partial charge in [0, 0.05) is 30.2 Å². The van der Waals surface area contributed by atoms with Crippen molar-refractivity contribution >= 4 is 33.0 Å². The topological polar surface area (TPSA) is 63.7 Å². The summed E-state index contributed by atoms with van der Waals surface area (Å²) in [5, 5.41) is 0.438. The van der Waals surface area contributed by atoms with Crippen LogP contribution in [0, 0.1) is 11.2 Å². The summed E-state index contributed by atoms with van der Waals surface area (Å²) < 4.78 is 46.9. The fraction of sp³-hybridized carbons (Fsp3) is 0.458. The molecule has 0 N–H and O–H groups in total. The highest BCUT2D eigenvalue weighted by molar-refractivity contribution is 7.92. The molecule has 0 saturated carbocycles. The first kappa shape index (κ1) is 24.7. The average molecular weight is 482 g/mol. The lowest BCUT2D eigenvalue weighted by Gasteiger charge is -2.38. The van der Waals surface area contributed by atoms with Gasteiger partial charge in [0.25, 0.3) is 0 Å². The molecule has 1 heterocycles. The average Bonchev–Trinajstić information content (AvgIpc) is 2.75. The molecule has 32 heavy (non-hydrogen) atoms. The molecule has 0 bridgehead atoms. The Bertz CT molecular complexity index is 1090. The molecule has 1 aliphatic heterocycles. The predicted octanol–water partition coefficient (Wildman–Crippen LogP) is 5.36. The number of benzene rings is 2. The van der Waals surface area contributed by atoms with Crippen LogP contribution in [-0.4, -0.2) is 34.1 Å². The van der Waals surface area contributed by atoms with E-state index in [1.165, 1.54) is 35.2 Å². The highest BCUT2D eigenvalue weighted by atomic mass is 35.5. The Morgan fingerprint density at radius 3 is 2.25 bits per heavy atom. The lowest BCUT2D eigenvalue weighted by Crippen LogP contribution is -2.42. The van der Waals surface area contributed by atoms with Gasteiger partial charge in [-0.1, -0.05) is 38.4 Å². The van der Waals surface area contributed by atoms with E-state index >= 15 is 0 Å². The second kappa shape index (κ2) is 9.12. The molecule has 0 radical (unpaired) electrons. The van der Waals surface area contributed by atoms with Gasteiger partial charge >= 0.3 is 0 Å². The van der Waals surface area contributed by atoms with Crippen molar-refractivity contribution in [1.82, 2.24) is 0 Å². The number of ether oxygens (including phenoxy) is 1. The molecule has 174 valence electrons. The van der Waals surface area contributed by atoms with E-state index in [1.807, 2.05) is 0 Å². The largest absolute Gasteiger partial charge is 0.381 e. The lowest BCUT2D eigenvalue weighted by atomic mass is 9.89. The number of sulfone groups is 1. The maximum absolute atomic E-state index is 14.9. The van der Waals surface area contributed by atoms with E-state index in [1.54, 1.807) is 39.8 Å². The summed E-state index contributed by atoms with van der Waals surface area (Å²) in [6, 6.07) is 10.3. The van der Waals surface area contributed by atoms with E-state index < -0.39 is 25.8 Å². The van der Waals surface area contributed by atoms with Crippen LogP contribution in [0.15, 0.2) is 47.4 Å². The normalized spacial score (nSPS) is 16.6. The third-order valence-corrected chi connectivity index (χ3v) is 8.72. The van der Waals surface area contributed by atoms with E-state index in [-0.39, 0.29) is 49.1 Å². The molecule has 0 aromatic heterocycles. The van der Waals surface area contributed by atoms with Gasteiger partial charge in [-0.15, -0.1) is 0 Å². The van der Waals surface area contributed by atoms with Gasteiger partial charge in [-0.3, -0.25) is 4.79 Å². The molecule has 0 unspecified atom stereocenters. The van der Waals surface area contributed by atoms with Gasteiger partial charge in [0.1, 0.15) is 10.6 Å². The highest BCUT2D eigenvalue weighted by Crippen LogP contribution is 2.45. The zero-order valence-corrected chi connectivity index (χ0v) is 20.4. The molecule has 5 nitrogen and oxygen atoms in total. The SMILES string of the molecule is CCN(C(=O)C(C)(C)C)c1cc(C2(S(=O)(=O)c3ccc(Cl)cc3)CCOCC2)ccc1F. The van der Waals surface area contributed by atoms with Gasteiger partial charge in [0.15, 0.2) is 9.84 Å². The Kier molecular flexibility index (Phi) is 7.03. The number of hydrogen-bond donors (Lipinski definition) is 0. The first-order valence-corrected chi connectivity index (χ1v) is 12.5. The molecular formula is C24H29ClFNO4S. The third kappa shape index (κ3) is 4.43. The minimum Gasteiger partial charge on any atom is -0.381 e. The van der Waals surface area contributed by atoms with Crippen molar-refractivity contribution in [2.75, 3.05) is 24.7 Å². The van der Waals surface area contributed by atoms with Crippen molar-refractivity contribution in [3.8, 4) is 0 Å². The fourth-order valence-corrected chi connectivity index (χ4v) is 6.30. The minimum atomic E-state index is -3.87. The van der Waals surface area contributed by atoms with Gasteiger partial charge in [-0.2, -0.15) is 0 Å². The van der Waals surface area contributed by atoms with Gasteiger partial charge < -0.3 is 9.64 Å². The number of nitrogens with zero attached hydrogens (tertiary/aromatic N) is 1. The van der Waals surface area contributed by atoms with Crippen LogP contribution in [0.4, 0.5) is 10.1 Å². The van der Waals surface area contributed by atoms with Crippen molar-refractivity contribution < 1.29 is 22.3 Å². The first-order valence-electron chi connectivity index (χ1n) is 10.6. The van der Waals surface area contributed by atoms with E-state index in [0.717, 1.165) is 0 Å². The van der Waals surface area contributed by atoms with Gasteiger partial charge in [0.05, 0.1) is 10.6 Å². The quantitative estimate of drug-likeness (QED) is 0.576. The summed E-state index contributed by atoms with van der Waals surface area (Å²) in [5.41, 5.74) is -0.182. The predicted molar refractivity (Wildman–Crippen MR) is 124 cm³/mol. The number of amides is 1. The van der Waals surface area contributed by atoms with Crippen LogP contribution in [0.2, 0.25) is 5.02 Å². The van der Waals surface area contributed by atoms with Crippen LogP contribution >= 0.6 is 11.6 Å². The van der Waals surface area contributed by atoms with E-state index in [9.17, 15) is 17.6 Å². The molecule has 2 aromatic rings. The summed E-state index contributed by atoms with van der Waals surface area (Å²) in [6.45, 7) is 7.86. The fourth-order valence-electron chi connectivity index (χ4n) is 4.08. The van der Waals surface area contributed by atoms with Crippen LogP contribution in [-0.2, 0) is 24.1 Å². The number of carbonyl (C=O) groups excluding carboxylic acids is 1. The molecule has 2 aromatic carbocycles. The number of carbonyl (C=O) groups is 1. The molecular weight excluding hydrogens is 453 g/mol. The Labute approximate surface area is 194 Å². The third-order valence-electron chi connectivity index (χ3n) is 5.90. The Balaban J connectivity index is 2.19. The molecule has 0 atom stereocenters. The molecule has 0 spiro atoms. The summed E-state index contributed by atoms with van der Waals surface area (Å²) in [5.74, 6) is -0.808. The monoisotopic (exact) mass is 481 g/mol. The zero-order valence-electron chi connectivity index (χ0n) is 18.8. The van der Waals surface area contributed by atoms with E-state index in [4.69, 9.17) is 16.3 Å². The van der Waals surface area contributed by atoms with Crippen molar-refractivity contribution in [2.24, 2.45) is 5.41 Å². The standard InChI is InChI=1S/C24H29ClFNO4S/c1-5-27(22(28)23(2,3)4)21-16-17(6-11-20(21)26)24(12-14-31-15-13-24)32(29,30)19-9-7-18(25)8-10-19/h6-11,16H,5,12-15H2,1-4H3. The lowest BCUT2D eigenvalue weighted by molar-refractivity contribution is -0.125. The molecule has 1 fully saturated rings. The summed E-state index contributed by atoms with van der Waals surface area (Å²) >= 11 is 5.96. The first-order chi connectivity index (χ1) is 14.9. The van der Waals surface area contributed by atoms with Gasteiger partial charge in [-0.05, 0) is 61.7 Å². The Morgan fingerprint density at radius 2 is 1.72 bits per heavy atom. The maximum Gasteiger partial charge on any atom is 0.232 e. The van der Waals surface area contributed by atoms with E-state index in [0.29, 0.717) is 10.6 Å². The number of hydrogen-bond acceptors (Lipinski definition) is 4. The minimum absolute atomic E-state index is 0.0853. The molecule has 1 aliphatic rings. The Hall–Kier alpha value is -1.96. The summed E-state index contributed by atoms with van der Waals surface area (Å²) in [6.07, 6.45) is 0.449. The second-order valence-corrected chi connectivity index (χ2v) is 11.7.